The van der Waals surface area contributed by atoms with Crippen molar-refractivity contribution in [2.45, 2.75) is 44.2 Å². The molecule has 1 aliphatic heterocycles. The number of likely N-dealkylation sites (N-methyl/N-ethyl adjacent to an activating group) is 1. The van der Waals surface area contributed by atoms with Gasteiger partial charge in [-0.2, -0.15) is 0 Å². The van der Waals surface area contributed by atoms with Gasteiger partial charge in [0.05, 0.1) is 6.61 Å². The number of carbonyl (C=O) groups excluding carboxylic acids is 1. The molecule has 1 aliphatic carbocycles. The Morgan fingerprint density at radius 1 is 1.56 bits per heavy atom. The Balaban J connectivity index is 2.06. The lowest BCUT2D eigenvalue weighted by atomic mass is 9.89. The highest BCUT2D eigenvalue weighted by Gasteiger charge is 2.45. The normalized spacial score (nSPS) is 31.4. The molecule has 1 atom stereocenters. The first-order valence-electron chi connectivity index (χ1n) is 6.30. The van der Waals surface area contributed by atoms with Crippen molar-refractivity contribution in [2.24, 2.45) is 0 Å². The van der Waals surface area contributed by atoms with Gasteiger partial charge in [-0.05, 0) is 46.2 Å². The van der Waals surface area contributed by atoms with E-state index in [0.717, 1.165) is 25.9 Å². The summed E-state index contributed by atoms with van der Waals surface area (Å²) in [5, 5.41) is 3.51. The zero-order valence-corrected chi connectivity index (χ0v) is 10.3. The van der Waals surface area contributed by atoms with E-state index in [-0.39, 0.29) is 5.97 Å². The van der Waals surface area contributed by atoms with Gasteiger partial charge in [-0.15, -0.1) is 0 Å². The minimum atomic E-state index is -0.440. The third-order valence-corrected chi connectivity index (χ3v) is 3.41. The van der Waals surface area contributed by atoms with Crippen LogP contribution >= 0.6 is 0 Å². The molecule has 0 radical (unpaired) electrons. The van der Waals surface area contributed by atoms with Crippen LogP contribution in [0.4, 0.5) is 0 Å². The minimum Gasteiger partial charge on any atom is -0.465 e. The molecule has 0 amide bonds. The second-order valence-corrected chi connectivity index (χ2v) is 5.06. The Morgan fingerprint density at radius 2 is 2.31 bits per heavy atom. The lowest BCUT2D eigenvalue weighted by Crippen LogP contribution is -2.62. The number of hydrogen-bond donors (Lipinski definition) is 1. The second-order valence-electron chi connectivity index (χ2n) is 5.06. The molecular formula is C12H22N2O2. The lowest BCUT2D eigenvalue weighted by Gasteiger charge is -2.40. The highest BCUT2D eigenvalue weighted by molar-refractivity contribution is 5.81. The van der Waals surface area contributed by atoms with E-state index in [0.29, 0.717) is 12.6 Å². The van der Waals surface area contributed by atoms with Crippen LogP contribution in [-0.4, -0.2) is 49.2 Å². The molecule has 0 aromatic rings. The van der Waals surface area contributed by atoms with Gasteiger partial charge in [-0.3, -0.25) is 5.32 Å². The van der Waals surface area contributed by atoms with E-state index in [4.69, 9.17) is 4.74 Å². The van der Waals surface area contributed by atoms with Crippen molar-refractivity contribution in [3.8, 4) is 0 Å². The molecule has 0 spiro atoms. The van der Waals surface area contributed by atoms with Gasteiger partial charge >= 0.3 is 5.97 Å². The Hall–Kier alpha value is -0.610. The number of piperidine rings is 1. The smallest absolute Gasteiger partial charge is 0.327 e. The highest BCUT2D eigenvalue weighted by atomic mass is 16.5. The molecule has 2 rings (SSSR count). The predicted octanol–water partition coefficient (Wildman–Crippen LogP) is 0.766. The summed E-state index contributed by atoms with van der Waals surface area (Å²) in [6.45, 7) is 4.20. The summed E-state index contributed by atoms with van der Waals surface area (Å²) >= 11 is 0. The van der Waals surface area contributed by atoms with Crippen molar-refractivity contribution in [1.82, 2.24) is 10.2 Å². The summed E-state index contributed by atoms with van der Waals surface area (Å²) in [5.74, 6) is -0.0616. The number of likely N-dealkylation sites (tertiary alicyclic amines) is 1. The first kappa shape index (κ1) is 11.9. The second kappa shape index (κ2) is 4.72. The molecule has 92 valence electrons. The Kier molecular flexibility index (Phi) is 3.50. The fourth-order valence-corrected chi connectivity index (χ4v) is 2.50. The van der Waals surface area contributed by atoms with Gasteiger partial charge in [0, 0.05) is 12.6 Å². The summed E-state index contributed by atoms with van der Waals surface area (Å²) in [5.41, 5.74) is -0.440. The SMILES string of the molecule is CCOC(=O)C1(NC2CC2)CCCN(C)C1. The summed E-state index contributed by atoms with van der Waals surface area (Å²) < 4.78 is 5.23. The fourth-order valence-electron chi connectivity index (χ4n) is 2.50. The number of esters is 1. The Labute approximate surface area is 97.3 Å². The van der Waals surface area contributed by atoms with Crippen molar-refractivity contribution in [3.05, 3.63) is 0 Å². The molecule has 2 fully saturated rings. The van der Waals surface area contributed by atoms with E-state index >= 15 is 0 Å². The lowest BCUT2D eigenvalue weighted by molar-refractivity contribution is -0.153. The predicted molar refractivity (Wildman–Crippen MR) is 62.3 cm³/mol. The molecule has 1 unspecified atom stereocenters. The quantitative estimate of drug-likeness (QED) is 0.719. The minimum absolute atomic E-state index is 0.0616. The van der Waals surface area contributed by atoms with E-state index in [2.05, 4.69) is 17.3 Å². The average Bonchev–Trinajstić information content (AvgIpc) is 3.02. The van der Waals surface area contributed by atoms with Crippen molar-refractivity contribution < 1.29 is 9.53 Å². The standard InChI is InChI=1S/C12H22N2O2/c1-3-16-11(15)12(13-10-5-6-10)7-4-8-14(2)9-12/h10,13H,3-9H2,1-2H3. The van der Waals surface area contributed by atoms with Gasteiger partial charge in [-0.1, -0.05) is 0 Å². The summed E-state index contributed by atoms with van der Waals surface area (Å²) in [4.78, 5) is 14.3. The van der Waals surface area contributed by atoms with Gasteiger partial charge in [-0.25, -0.2) is 4.79 Å². The molecule has 16 heavy (non-hydrogen) atoms. The van der Waals surface area contributed by atoms with Crippen LogP contribution in [0.25, 0.3) is 0 Å². The van der Waals surface area contributed by atoms with Gasteiger partial charge in [0.2, 0.25) is 0 Å². The molecule has 0 bridgehead atoms. The van der Waals surface area contributed by atoms with Gasteiger partial charge in [0.15, 0.2) is 0 Å². The number of ether oxygens (including phenoxy) is 1. The fraction of sp³-hybridized carbons (Fsp3) is 0.917. The first-order valence-corrected chi connectivity index (χ1v) is 6.30. The summed E-state index contributed by atoms with van der Waals surface area (Å²) in [6, 6.07) is 0.538. The van der Waals surface area contributed by atoms with Crippen molar-refractivity contribution >= 4 is 5.97 Å². The monoisotopic (exact) mass is 226 g/mol. The number of hydrogen-bond acceptors (Lipinski definition) is 4. The summed E-state index contributed by atoms with van der Waals surface area (Å²) in [7, 11) is 2.07. The third-order valence-electron chi connectivity index (χ3n) is 3.41. The van der Waals surface area contributed by atoms with Gasteiger partial charge < -0.3 is 9.64 Å². The van der Waals surface area contributed by atoms with Crippen LogP contribution in [0.15, 0.2) is 0 Å². The van der Waals surface area contributed by atoms with Crippen LogP contribution in [0.5, 0.6) is 0 Å². The molecule has 0 aromatic heterocycles. The third kappa shape index (κ3) is 2.55. The summed E-state index contributed by atoms with van der Waals surface area (Å²) in [6.07, 6.45) is 4.37. The van der Waals surface area contributed by atoms with Crippen LogP contribution in [0.3, 0.4) is 0 Å². The number of carbonyl (C=O) groups is 1. The van der Waals surface area contributed by atoms with Crippen LogP contribution < -0.4 is 5.32 Å². The zero-order chi connectivity index (χ0) is 11.6. The van der Waals surface area contributed by atoms with E-state index in [1.54, 1.807) is 0 Å². The van der Waals surface area contributed by atoms with Crippen molar-refractivity contribution in [2.75, 3.05) is 26.7 Å². The molecular weight excluding hydrogens is 204 g/mol. The van der Waals surface area contributed by atoms with Gasteiger partial charge in [0.25, 0.3) is 0 Å². The van der Waals surface area contributed by atoms with Crippen LogP contribution in [0, 0.1) is 0 Å². The first-order chi connectivity index (χ1) is 7.66. The maximum absolute atomic E-state index is 12.1. The van der Waals surface area contributed by atoms with Crippen LogP contribution in [-0.2, 0) is 9.53 Å². The number of nitrogens with zero attached hydrogens (tertiary/aromatic N) is 1. The van der Waals surface area contributed by atoms with Crippen molar-refractivity contribution in [1.29, 1.82) is 0 Å². The maximum Gasteiger partial charge on any atom is 0.327 e. The van der Waals surface area contributed by atoms with Gasteiger partial charge in [0.1, 0.15) is 5.54 Å². The molecule has 1 saturated carbocycles. The average molecular weight is 226 g/mol. The number of nitrogens with one attached hydrogen (secondary N) is 1. The Morgan fingerprint density at radius 3 is 2.88 bits per heavy atom. The van der Waals surface area contributed by atoms with Crippen LogP contribution in [0.2, 0.25) is 0 Å². The molecule has 2 aliphatic rings. The number of rotatable bonds is 4. The van der Waals surface area contributed by atoms with E-state index in [9.17, 15) is 4.79 Å². The maximum atomic E-state index is 12.1. The van der Waals surface area contributed by atoms with Crippen LogP contribution in [0.1, 0.15) is 32.6 Å². The molecule has 1 saturated heterocycles. The molecule has 0 aromatic carbocycles. The van der Waals surface area contributed by atoms with Crippen molar-refractivity contribution in [3.63, 3.8) is 0 Å². The van der Waals surface area contributed by atoms with E-state index in [1.807, 2.05) is 6.92 Å². The topological polar surface area (TPSA) is 41.6 Å². The molecule has 1 N–H and O–H groups in total. The van der Waals surface area contributed by atoms with E-state index < -0.39 is 5.54 Å². The Bertz CT molecular complexity index is 262. The molecule has 4 nitrogen and oxygen atoms in total. The van der Waals surface area contributed by atoms with E-state index in [1.165, 1.54) is 12.8 Å². The highest BCUT2D eigenvalue weighted by Crippen LogP contribution is 2.28. The molecule has 4 heteroatoms. The zero-order valence-electron chi connectivity index (χ0n) is 10.3. The largest absolute Gasteiger partial charge is 0.465 e. The molecule has 1 heterocycles.